The maximum atomic E-state index is 4.83. The lowest BCUT2D eigenvalue weighted by molar-refractivity contribution is 0.201. The standard InChI is InChI=1S/C15H25N5/c1-12(2)20-8-4-14-13(11-20)10-17-15(18-14)19-7-3-5-16-6-9-19/h10,12,16H,3-9,11H2,1-2H3. The van der Waals surface area contributed by atoms with Crippen LogP contribution in [0, 0.1) is 0 Å². The van der Waals surface area contributed by atoms with E-state index < -0.39 is 0 Å². The van der Waals surface area contributed by atoms with Gasteiger partial charge in [0.15, 0.2) is 0 Å². The molecule has 0 atom stereocenters. The minimum atomic E-state index is 0.597. The third kappa shape index (κ3) is 2.94. The highest BCUT2D eigenvalue weighted by molar-refractivity contribution is 5.34. The Bertz CT molecular complexity index is 452. The smallest absolute Gasteiger partial charge is 0.225 e. The molecular weight excluding hydrogens is 250 g/mol. The summed E-state index contributed by atoms with van der Waals surface area (Å²) in [5, 5.41) is 3.42. The summed E-state index contributed by atoms with van der Waals surface area (Å²) in [5.41, 5.74) is 2.56. The van der Waals surface area contributed by atoms with Crippen molar-refractivity contribution < 1.29 is 0 Å². The summed E-state index contributed by atoms with van der Waals surface area (Å²) >= 11 is 0. The molecule has 0 spiro atoms. The SMILES string of the molecule is CC(C)N1CCc2nc(N3CCCNCC3)ncc2C1. The first kappa shape index (κ1) is 13.8. The summed E-state index contributed by atoms with van der Waals surface area (Å²) in [4.78, 5) is 14.2. The Kier molecular flexibility index (Phi) is 4.17. The van der Waals surface area contributed by atoms with Crippen LogP contribution in [-0.4, -0.2) is 53.6 Å². The van der Waals surface area contributed by atoms with Crippen molar-refractivity contribution >= 4 is 5.95 Å². The summed E-state index contributed by atoms with van der Waals surface area (Å²) in [6.07, 6.45) is 4.27. The highest BCUT2D eigenvalue weighted by atomic mass is 15.3. The van der Waals surface area contributed by atoms with Gasteiger partial charge in [-0.1, -0.05) is 0 Å². The number of hydrogen-bond donors (Lipinski definition) is 1. The zero-order chi connectivity index (χ0) is 13.9. The molecule has 2 aliphatic rings. The van der Waals surface area contributed by atoms with Crippen molar-refractivity contribution in [1.29, 1.82) is 0 Å². The Labute approximate surface area is 121 Å². The molecule has 2 aliphatic heterocycles. The van der Waals surface area contributed by atoms with E-state index in [4.69, 9.17) is 4.98 Å². The van der Waals surface area contributed by atoms with E-state index in [9.17, 15) is 0 Å². The molecule has 0 radical (unpaired) electrons. The van der Waals surface area contributed by atoms with Gasteiger partial charge in [0.05, 0.1) is 5.69 Å². The third-order valence-electron chi connectivity index (χ3n) is 4.30. The van der Waals surface area contributed by atoms with E-state index in [-0.39, 0.29) is 0 Å². The van der Waals surface area contributed by atoms with Crippen LogP contribution in [-0.2, 0) is 13.0 Å². The van der Waals surface area contributed by atoms with E-state index in [1.165, 1.54) is 17.7 Å². The van der Waals surface area contributed by atoms with Crippen LogP contribution in [0.25, 0.3) is 0 Å². The molecule has 110 valence electrons. The highest BCUT2D eigenvalue weighted by Crippen LogP contribution is 2.20. The van der Waals surface area contributed by atoms with Crippen LogP contribution in [0.1, 0.15) is 31.5 Å². The van der Waals surface area contributed by atoms with Crippen LogP contribution in [0.5, 0.6) is 0 Å². The molecule has 0 bridgehead atoms. The Hall–Kier alpha value is -1.20. The first-order valence-electron chi connectivity index (χ1n) is 7.78. The number of nitrogens with zero attached hydrogens (tertiary/aromatic N) is 4. The molecule has 0 unspecified atom stereocenters. The topological polar surface area (TPSA) is 44.3 Å². The second-order valence-electron chi connectivity index (χ2n) is 6.05. The zero-order valence-electron chi connectivity index (χ0n) is 12.6. The van der Waals surface area contributed by atoms with Gasteiger partial charge in [-0.15, -0.1) is 0 Å². The number of rotatable bonds is 2. The molecule has 20 heavy (non-hydrogen) atoms. The molecular formula is C15H25N5. The molecule has 0 aliphatic carbocycles. The lowest BCUT2D eigenvalue weighted by Gasteiger charge is -2.31. The van der Waals surface area contributed by atoms with E-state index in [0.717, 1.165) is 51.6 Å². The van der Waals surface area contributed by atoms with Crippen LogP contribution >= 0.6 is 0 Å². The fraction of sp³-hybridized carbons (Fsp3) is 0.733. The second-order valence-corrected chi connectivity index (χ2v) is 6.05. The Balaban J connectivity index is 1.76. The normalized spacial score (nSPS) is 20.9. The summed E-state index contributed by atoms with van der Waals surface area (Å²) in [6.45, 7) is 10.8. The maximum Gasteiger partial charge on any atom is 0.225 e. The van der Waals surface area contributed by atoms with Gasteiger partial charge in [0.1, 0.15) is 0 Å². The zero-order valence-corrected chi connectivity index (χ0v) is 12.6. The van der Waals surface area contributed by atoms with Gasteiger partial charge in [0, 0.05) is 56.9 Å². The van der Waals surface area contributed by atoms with Crippen LogP contribution in [0.2, 0.25) is 0 Å². The predicted molar refractivity (Wildman–Crippen MR) is 81.0 cm³/mol. The van der Waals surface area contributed by atoms with Crippen molar-refractivity contribution in [2.45, 2.75) is 39.3 Å². The molecule has 1 aromatic rings. The van der Waals surface area contributed by atoms with Gasteiger partial charge in [-0.2, -0.15) is 0 Å². The molecule has 1 N–H and O–H groups in total. The second kappa shape index (κ2) is 6.06. The number of hydrogen-bond acceptors (Lipinski definition) is 5. The number of aromatic nitrogens is 2. The van der Waals surface area contributed by atoms with Gasteiger partial charge < -0.3 is 10.2 Å². The molecule has 1 fully saturated rings. The largest absolute Gasteiger partial charge is 0.339 e. The molecule has 0 amide bonds. The molecule has 5 nitrogen and oxygen atoms in total. The first-order valence-corrected chi connectivity index (χ1v) is 7.78. The maximum absolute atomic E-state index is 4.83. The van der Waals surface area contributed by atoms with Gasteiger partial charge in [0.2, 0.25) is 5.95 Å². The minimum Gasteiger partial charge on any atom is -0.339 e. The Morgan fingerprint density at radius 3 is 2.95 bits per heavy atom. The van der Waals surface area contributed by atoms with E-state index >= 15 is 0 Å². The number of fused-ring (bicyclic) bond motifs is 1. The third-order valence-corrected chi connectivity index (χ3v) is 4.30. The summed E-state index contributed by atoms with van der Waals surface area (Å²) in [7, 11) is 0. The van der Waals surface area contributed by atoms with Crippen molar-refractivity contribution in [1.82, 2.24) is 20.2 Å². The van der Waals surface area contributed by atoms with E-state index in [1.54, 1.807) is 0 Å². The quantitative estimate of drug-likeness (QED) is 0.874. The average molecular weight is 275 g/mol. The molecule has 1 aromatic heterocycles. The van der Waals surface area contributed by atoms with Gasteiger partial charge in [-0.3, -0.25) is 4.90 Å². The summed E-state index contributed by atoms with van der Waals surface area (Å²) in [5.74, 6) is 0.922. The van der Waals surface area contributed by atoms with Gasteiger partial charge in [0.25, 0.3) is 0 Å². The van der Waals surface area contributed by atoms with Crippen LogP contribution in [0.4, 0.5) is 5.95 Å². The predicted octanol–water partition coefficient (Wildman–Crippen LogP) is 1.04. The van der Waals surface area contributed by atoms with Gasteiger partial charge >= 0.3 is 0 Å². The lowest BCUT2D eigenvalue weighted by Crippen LogP contribution is -2.37. The van der Waals surface area contributed by atoms with Crippen LogP contribution in [0.15, 0.2) is 6.20 Å². The molecule has 3 heterocycles. The van der Waals surface area contributed by atoms with Crippen molar-refractivity contribution in [3.05, 3.63) is 17.5 Å². The van der Waals surface area contributed by atoms with Crippen LogP contribution < -0.4 is 10.2 Å². The summed E-state index contributed by atoms with van der Waals surface area (Å²) in [6, 6.07) is 0.597. The van der Waals surface area contributed by atoms with Crippen molar-refractivity contribution in [3.63, 3.8) is 0 Å². The monoisotopic (exact) mass is 275 g/mol. The number of nitrogens with one attached hydrogen (secondary N) is 1. The summed E-state index contributed by atoms with van der Waals surface area (Å²) < 4.78 is 0. The van der Waals surface area contributed by atoms with Gasteiger partial charge in [-0.05, 0) is 26.8 Å². The Morgan fingerprint density at radius 2 is 2.10 bits per heavy atom. The molecule has 5 heteroatoms. The van der Waals surface area contributed by atoms with Crippen molar-refractivity contribution in [2.75, 3.05) is 37.6 Å². The average Bonchev–Trinajstić information content (AvgIpc) is 2.75. The molecule has 0 saturated carbocycles. The van der Waals surface area contributed by atoms with E-state index in [2.05, 4.69) is 33.9 Å². The fourth-order valence-corrected chi connectivity index (χ4v) is 2.97. The fourth-order valence-electron chi connectivity index (χ4n) is 2.97. The number of anilines is 1. The molecule has 1 saturated heterocycles. The first-order chi connectivity index (χ1) is 9.74. The van der Waals surface area contributed by atoms with Crippen molar-refractivity contribution in [2.24, 2.45) is 0 Å². The Morgan fingerprint density at radius 1 is 1.20 bits per heavy atom. The van der Waals surface area contributed by atoms with Gasteiger partial charge in [-0.25, -0.2) is 9.97 Å². The van der Waals surface area contributed by atoms with Crippen LogP contribution in [0.3, 0.4) is 0 Å². The van der Waals surface area contributed by atoms with E-state index in [1.807, 2.05) is 6.20 Å². The molecule has 0 aromatic carbocycles. The molecule has 3 rings (SSSR count). The minimum absolute atomic E-state index is 0.597. The van der Waals surface area contributed by atoms with Crippen molar-refractivity contribution in [3.8, 4) is 0 Å². The van der Waals surface area contributed by atoms with E-state index in [0.29, 0.717) is 6.04 Å². The lowest BCUT2D eigenvalue weighted by atomic mass is 10.1. The highest BCUT2D eigenvalue weighted by Gasteiger charge is 2.21.